The summed E-state index contributed by atoms with van der Waals surface area (Å²) in [4.78, 5) is 25.1. The van der Waals surface area contributed by atoms with Crippen LogP contribution < -0.4 is 10.4 Å². The first-order valence-electron chi connectivity index (χ1n) is 12.3. The monoisotopic (exact) mass is 555 g/mol. The highest BCUT2D eigenvalue weighted by Gasteiger charge is 2.31. The number of hydrogen-bond acceptors (Lipinski definition) is 6. The summed E-state index contributed by atoms with van der Waals surface area (Å²) in [6.07, 6.45) is -0.460. The van der Waals surface area contributed by atoms with Gasteiger partial charge in [-0.15, -0.1) is 4.48 Å². The molecule has 0 saturated carbocycles. The molecule has 7 nitrogen and oxygen atoms in total. The maximum atomic E-state index is 12.6. The molecule has 0 radical (unpaired) electrons. The molecule has 0 aromatic heterocycles. The van der Waals surface area contributed by atoms with Crippen LogP contribution in [0.3, 0.4) is 0 Å². The number of carbonyl (C=O) groups excluding carboxylic acids is 2. The average molecular weight is 556 g/mol. The maximum absolute atomic E-state index is 12.6. The van der Waals surface area contributed by atoms with Crippen molar-refractivity contribution in [3.63, 3.8) is 0 Å². The molecule has 1 heterocycles. The fourth-order valence-electron chi connectivity index (χ4n) is 3.49. The summed E-state index contributed by atoms with van der Waals surface area (Å²) >= 11 is 5.41. The molecule has 1 aromatic rings. The Labute approximate surface area is 221 Å². The largest absolute Gasteiger partial charge is 0.466 e. The number of esters is 1. The number of likely N-dealkylation sites (tertiary alicyclic amines) is 1. The summed E-state index contributed by atoms with van der Waals surface area (Å²) in [7, 11) is 0.992. The van der Waals surface area contributed by atoms with Gasteiger partial charge in [0.15, 0.2) is 0 Å². The second kappa shape index (κ2) is 15.2. The van der Waals surface area contributed by atoms with Crippen molar-refractivity contribution >= 4 is 29.4 Å². The predicted molar refractivity (Wildman–Crippen MR) is 135 cm³/mol. The first-order chi connectivity index (χ1) is 17.1. The summed E-state index contributed by atoms with van der Waals surface area (Å²) < 4.78 is 59.6. The molecule has 1 aromatic carbocycles. The second-order valence-electron chi connectivity index (χ2n) is 9.65. The number of hydrogen-bond donors (Lipinski definition) is 1. The molecule has 37 heavy (non-hydrogen) atoms. The second-order valence-corrected chi connectivity index (χ2v) is 10.1. The molecule has 212 valence electrons. The van der Waals surface area contributed by atoms with Crippen LogP contribution in [0, 0.1) is 0 Å². The van der Waals surface area contributed by atoms with Crippen LogP contribution in [0.5, 0.6) is 0 Å². The van der Waals surface area contributed by atoms with E-state index in [1.165, 1.54) is 0 Å². The third-order valence-corrected chi connectivity index (χ3v) is 5.40. The smallest absolute Gasteiger partial charge is 0.416 e. The molecule has 0 aliphatic carbocycles. The van der Waals surface area contributed by atoms with E-state index in [4.69, 9.17) is 21.1 Å². The Bertz CT molecular complexity index is 863. The van der Waals surface area contributed by atoms with E-state index >= 15 is 0 Å². The molecule has 2 rings (SSSR count). The number of benzene rings is 1. The predicted octanol–water partition coefficient (Wildman–Crippen LogP) is 6.39. The van der Waals surface area contributed by atoms with E-state index in [1.54, 1.807) is 4.90 Å². The van der Waals surface area contributed by atoms with Gasteiger partial charge in [0, 0.05) is 37.6 Å². The van der Waals surface area contributed by atoms with E-state index in [0.717, 1.165) is 58.0 Å². The molecule has 0 bridgehead atoms. The van der Waals surface area contributed by atoms with Crippen LogP contribution >= 0.6 is 11.6 Å². The zero-order chi connectivity index (χ0) is 28.2. The van der Waals surface area contributed by atoms with Crippen LogP contribution in [0.25, 0.3) is 0 Å². The van der Waals surface area contributed by atoms with Gasteiger partial charge in [0.05, 0.1) is 17.9 Å². The van der Waals surface area contributed by atoms with Gasteiger partial charge in [-0.25, -0.2) is 9.92 Å². The minimum atomic E-state index is -4.52. The molecule has 12 heteroatoms. The topological polar surface area (TPSA) is 71.1 Å². The third kappa shape index (κ3) is 13.7. The van der Waals surface area contributed by atoms with Gasteiger partial charge >= 0.3 is 18.2 Å². The van der Waals surface area contributed by atoms with Crippen LogP contribution in [0.15, 0.2) is 18.2 Å². The highest BCUT2D eigenvalue weighted by atomic mass is 35.5. The van der Waals surface area contributed by atoms with Crippen molar-refractivity contribution in [2.24, 2.45) is 0 Å². The van der Waals surface area contributed by atoms with Gasteiger partial charge in [-0.1, -0.05) is 11.6 Å². The number of piperidine rings is 1. The molecule has 1 fully saturated rings. The molecule has 1 N–H and O–H groups in total. The fraction of sp³-hybridized carbons (Fsp3) is 0.680. The highest BCUT2D eigenvalue weighted by molar-refractivity contribution is 6.30. The van der Waals surface area contributed by atoms with Crippen LogP contribution in [0.2, 0.25) is 5.02 Å². The number of nitrogens with zero attached hydrogens (tertiary/aromatic N) is 2. The van der Waals surface area contributed by atoms with Crippen molar-refractivity contribution in [3.05, 3.63) is 28.8 Å². The summed E-state index contributed by atoms with van der Waals surface area (Å²) in [6, 6.07) is 2.84. The molecule has 1 atom stereocenters. The molecule has 1 amide bonds. The van der Waals surface area contributed by atoms with Gasteiger partial charge in [-0.2, -0.15) is 13.2 Å². The number of amides is 1. The standard InChI is InChI=1S/C17H32N2O4.C8H6ClF4N/c1-5-22-15(20)10-6-7-11-18-14-9-8-12-19(13-14)16(21)23-17(2,3)4;1-14(13)7-3-5(8(10,11)12)2-6(9)4-7/h14,18H,5-13H2,1-4H3;2-4H,1H3. The minimum absolute atomic E-state index is 0.0706. The van der Waals surface area contributed by atoms with E-state index in [2.05, 4.69) is 5.32 Å². The lowest BCUT2D eigenvalue weighted by Crippen LogP contribution is -2.49. The zero-order valence-corrected chi connectivity index (χ0v) is 22.8. The van der Waals surface area contributed by atoms with Gasteiger partial charge in [-0.05, 0) is 78.1 Å². The number of carbonyl (C=O) groups is 2. The number of unbranched alkanes of at least 4 members (excludes halogenated alkanes) is 1. The Morgan fingerprint density at radius 2 is 1.86 bits per heavy atom. The van der Waals surface area contributed by atoms with Crippen molar-refractivity contribution in [3.8, 4) is 0 Å². The van der Waals surface area contributed by atoms with Crippen molar-refractivity contribution in [1.29, 1.82) is 0 Å². The zero-order valence-electron chi connectivity index (χ0n) is 22.1. The van der Waals surface area contributed by atoms with Crippen molar-refractivity contribution in [2.45, 2.75) is 77.6 Å². The SMILES string of the molecule is CCOC(=O)CCCCNC1CCCN(C(=O)OC(C)(C)C)C1.CN(F)c1cc(Cl)cc(C(F)(F)F)c1. The Morgan fingerprint density at radius 3 is 2.43 bits per heavy atom. The lowest BCUT2D eigenvalue weighted by molar-refractivity contribution is -0.143. The van der Waals surface area contributed by atoms with Crippen molar-refractivity contribution in [2.75, 3.05) is 38.4 Å². The van der Waals surface area contributed by atoms with Gasteiger partial charge in [-0.3, -0.25) is 4.79 Å². The quantitative estimate of drug-likeness (QED) is 0.173. The number of alkyl halides is 3. The summed E-state index contributed by atoms with van der Waals surface area (Å²) in [5.74, 6) is -0.124. The van der Waals surface area contributed by atoms with Gasteiger partial charge < -0.3 is 19.7 Å². The van der Waals surface area contributed by atoms with Gasteiger partial charge in [0.25, 0.3) is 0 Å². The van der Waals surface area contributed by atoms with Crippen LogP contribution in [-0.4, -0.2) is 61.9 Å². The third-order valence-electron chi connectivity index (χ3n) is 5.18. The Hall–Kier alpha value is -2.27. The Kier molecular flexibility index (Phi) is 13.5. The molecule has 1 aliphatic heterocycles. The van der Waals surface area contributed by atoms with E-state index in [9.17, 15) is 27.2 Å². The lowest BCUT2D eigenvalue weighted by atomic mass is 10.1. The van der Waals surface area contributed by atoms with Crippen LogP contribution in [-0.2, 0) is 20.4 Å². The molecule has 0 spiro atoms. The number of anilines is 1. The fourth-order valence-corrected chi connectivity index (χ4v) is 3.71. The van der Waals surface area contributed by atoms with Gasteiger partial charge in [0.1, 0.15) is 5.60 Å². The van der Waals surface area contributed by atoms with E-state index in [1.807, 2.05) is 27.7 Å². The average Bonchev–Trinajstić information content (AvgIpc) is 2.77. The number of rotatable bonds is 8. The molecular formula is C25H38ClF4N3O4. The summed E-state index contributed by atoms with van der Waals surface area (Å²) in [6.45, 7) is 10.2. The number of ether oxygens (including phenoxy) is 2. The molecule has 1 unspecified atom stereocenters. The van der Waals surface area contributed by atoms with Crippen molar-refractivity contribution in [1.82, 2.24) is 10.2 Å². The molecule has 1 aliphatic rings. The highest BCUT2D eigenvalue weighted by Crippen LogP contribution is 2.34. The number of nitrogens with one attached hydrogen (secondary N) is 1. The maximum Gasteiger partial charge on any atom is 0.416 e. The Morgan fingerprint density at radius 1 is 1.19 bits per heavy atom. The Balaban J connectivity index is 0.000000417. The molecular weight excluding hydrogens is 518 g/mol. The summed E-state index contributed by atoms with van der Waals surface area (Å²) in [5, 5.41) is 3.39. The van der Waals surface area contributed by atoms with E-state index in [-0.39, 0.29) is 27.9 Å². The normalized spacial score (nSPS) is 15.9. The first kappa shape index (κ1) is 32.8. The first-order valence-corrected chi connectivity index (χ1v) is 12.6. The summed E-state index contributed by atoms with van der Waals surface area (Å²) in [5.41, 5.74) is -1.65. The van der Waals surface area contributed by atoms with Crippen LogP contribution in [0.4, 0.5) is 28.1 Å². The van der Waals surface area contributed by atoms with E-state index < -0.39 is 17.3 Å². The van der Waals surface area contributed by atoms with E-state index in [0.29, 0.717) is 31.7 Å². The van der Waals surface area contributed by atoms with Crippen LogP contribution in [0.1, 0.15) is 65.4 Å². The minimum Gasteiger partial charge on any atom is -0.466 e. The number of halogens is 5. The van der Waals surface area contributed by atoms with Gasteiger partial charge in [0.2, 0.25) is 0 Å². The lowest BCUT2D eigenvalue weighted by Gasteiger charge is -2.34. The van der Waals surface area contributed by atoms with Crippen molar-refractivity contribution < 1.29 is 36.7 Å². The molecule has 1 saturated heterocycles.